The van der Waals surface area contributed by atoms with Crippen molar-refractivity contribution < 1.29 is 34.4 Å². The van der Waals surface area contributed by atoms with Gasteiger partial charge in [0.25, 0.3) is 0 Å². The van der Waals surface area contributed by atoms with Gasteiger partial charge in [0.1, 0.15) is 11.1 Å². The van der Waals surface area contributed by atoms with Crippen molar-refractivity contribution >= 4 is 18.0 Å². The number of hydrogen-bond acceptors (Lipinski definition) is 6. The molecule has 9 heteroatoms. The molecule has 9 nitrogen and oxygen atoms in total. The molecular weight excluding hydrogens is 416 g/mol. The maximum Gasteiger partial charge on any atom is 0.407 e. The standard InChI is InChI=1S/C23H34N2O7/c1-22(2,3)32-21(31)25-17(12-15-8-5-4-6-9-15)18(26)14-24-23(20(29)30)11-7-10-16(13-23)19(27)28/h4-6,8-9,16-18,24,26H,7,10-14H2,1-3H3,(H,25,31)(H,27,28)(H,29,30)/t16?,17-,18+,23?/m0/s1. The Kier molecular flexibility index (Phi) is 8.63. The summed E-state index contributed by atoms with van der Waals surface area (Å²) in [6.45, 7) is 5.06. The molecule has 32 heavy (non-hydrogen) atoms. The zero-order valence-corrected chi connectivity index (χ0v) is 18.8. The van der Waals surface area contributed by atoms with Crippen LogP contribution in [0.15, 0.2) is 30.3 Å². The van der Waals surface area contributed by atoms with Crippen LogP contribution in [0.3, 0.4) is 0 Å². The second-order valence-electron chi connectivity index (χ2n) is 9.41. The summed E-state index contributed by atoms with van der Waals surface area (Å²) >= 11 is 0. The lowest BCUT2D eigenvalue weighted by atomic mass is 9.75. The van der Waals surface area contributed by atoms with E-state index in [4.69, 9.17) is 4.74 Å². The normalized spacial score (nSPS) is 23.1. The number of rotatable bonds is 9. The number of carbonyl (C=O) groups is 3. The number of hydrogen-bond donors (Lipinski definition) is 5. The minimum Gasteiger partial charge on any atom is -0.481 e. The quantitative estimate of drug-likeness (QED) is 0.385. The number of β-amino-alcohol motifs (C(OH)–C–C–N with tert-alkyl or cyclic N) is 1. The Morgan fingerprint density at radius 1 is 1.19 bits per heavy atom. The molecule has 2 unspecified atom stereocenters. The number of aliphatic hydroxyl groups excluding tert-OH is 1. The Balaban J connectivity index is 2.13. The number of aliphatic carboxylic acids is 2. The van der Waals surface area contributed by atoms with Gasteiger partial charge in [-0.2, -0.15) is 0 Å². The van der Waals surface area contributed by atoms with Crippen LogP contribution in [-0.2, 0) is 20.7 Å². The zero-order chi connectivity index (χ0) is 23.9. The molecule has 4 atom stereocenters. The topological polar surface area (TPSA) is 145 Å². The average Bonchev–Trinajstić information content (AvgIpc) is 2.71. The van der Waals surface area contributed by atoms with Gasteiger partial charge < -0.3 is 25.4 Å². The average molecular weight is 451 g/mol. The Labute approximate surface area is 188 Å². The molecule has 5 N–H and O–H groups in total. The van der Waals surface area contributed by atoms with Gasteiger partial charge in [-0.1, -0.05) is 36.8 Å². The molecule has 0 aliphatic heterocycles. The third kappa shape index (κ3) is 7.49. The van der Waals surface area contributed by atoms with E-state index in [9.17, 15) is 29.7 Å². The van der Waals surface area contributed by atoms with Gasteiger partial charge in [0.05, 0.1) is 18.1 Å². The van der Waals surface area contributed by atoms with Crippen molar-refractivity contribution in [3.8, 4) is 0 Å². The molecular formula is C23H34N2O7. The highest BCUT2D eigenvalue weighted by Gasteiger charge is 2.45. The van der Waals surface area contributed by atoms with Crippen LogP contribution in [0.5, 0.6) is 0 Å². The van der Waals surface area contributed by atoms with E-state index in [0.29, 0.717) is 19.3 Å². The second-order valence-corrected chi connectivity index (χ2v) is 9.41. The summed E-state index contributed by atoms with van der Waals surface area (Å²) in [6, 6.07) is 8.53. The maximum atomic E-state index is 12.3. The van der Waals surface area contributed by atoms with Crippen LogP contribution in [0.2, 0.25) is 0 Å². The van der Waals surface area contributed by atoms with E-state index in [-0.39, 0.29) is 19.4 Å². The van der Waals surface area contributed by atoms with Gasteiger partial charge in [0.2, 0.25) is 0 Å². The Morgan fingerprint density at radius 3 is 2.41 bits per heavy atom. The molecule has 1 saturated carbocycles. The fourth-order valence-electron chi connectivity index (χ4n) is 3.97. The van der Waals surface area contributed by atoms with Crippen molar-refractivity contribution in [1.29, 1.82) is 0 Å². The van der Waals surface area contributed by atoms with Crippen LogP contribution in [0.25, 0.3) is 0 Å². The van der Waals surface area contributed by atoms with E-state index < -0.39 is 47.2 Å². The summed E-state index contributed by atoms with van der Waals surface area (Å²) in [4.78, 5) is 35.8. The molecule has 2 rings (SSSR count). The van der Waals surface area contributed by atoms with Crippen molar-refractivity contribution in [2.24, 2.45) is 5.92 Å². The van der Waals surface area contributed by atoms with Gasteiger partial charge in [-0.05, 0) is 52.0 Å². The second kappa shape index (κ2) is 10.8. The molecule has 0 radical (unpaired) electrons. The lowest BCUT2D eigenvalue weighted by molar-refractivity contribution is -0.151. The molecule has 1 aliphatic carbocycles. The molecule has 0 spiro atoms. The molecule has 0 saturated heterocycles. The smallest absolute Gasteiger partial charge is 0.407 e. The van der Waals surface area contributed by atoms with E-state index in [1.165, 1.54) is 0 Å². The maximum absolute atomic E-state index is 12.3. The highest BCUT2D eigenvalue weighted by atomic mass is 16.6. The number of benzene rings is 1. The molecule has 1 amide bonds. The van der Waals surface area contributed by atoms with Crippen LogP contribution in [0.1, 0.15) is 52.0 Å². The van der Waals surface area contributed by atoms with Crippen LogP contribution >= 0.6 is 0 Å². The largest absolute Gasteiger partial charge is 0.481 e. The van der Waals surface area contributed by atoms with Gasteiger partial charge in [0, 0.05) is 6.54 Å². The first-order valence-electron chi connectivity index (χ1n) is 10.8. The van der Waals surface area contributed by atoms with Crippen molar-refractivity contribution in [3.63, 3.8) is 0 Å². The molecule has 0 bridgehead atoms. The highest BCUT2D eigenvalue weighted by molar-refractivity contribution is 5.81. The number of carboxylic acid groups (broad SMARTS) is 2. The van der Waals surface area contributed by atoms with Crippen LogP contribution in [-0.4, -0.2) is 63.2 Å². The van der Waals surface area contributed by atoms with Crippen LogP contribution in [0, 0.1) is 5.92 Å². The fraction of sp³-hybridized carbons (Fsp3) is 0.609. The van der Waals surface area contributed by atoms with Gasteiger partial charge in [-0.3, -0.25) is 14.9 Å². The van der Waals surface area contributed by atoms with Gasteiger partial charge in [-0.15, -0.1) is 0 Å². The molecule has 1 aromatic carbocycles. The fourth-order valence-corrected chi connectivity index (χ4v) is 3.97. The van der Waals surface area contributed by atoms with Gasteiger partial charge >= 0.3 is 18.0 Å². The van der Waals surface area contributed by atoms with Gasteiger partial charge in [-0.25, -0.2) is 4.79 Å². The van der Waals surface area contributed by atoms with Crippen LogP contribution in [0.4, 0.5) is 4.79 Å². The molecule has 1 aromatic rings. The number of nitrogens with one attached hydrogen (secondary N) is 2. The van der Waals surface area contributed by atoms with Crippen molar-refractivity contribution in [2.75, 3.05) is 6.54 Å². The Hall–Kier alpha value is -2.65. The summed E-state index contributed by atoms with van der Waals surface area (Å²) in [5.41, 5.74) is -1.28. The van der Waals surface area contributed by atoms with E-state index in [1.807, 2.05) is 30.3 Å². The first kappa shape index (κ1) is 25.6. The minimum absolute atomic E-state index is 0.0623. The van der Waals surface area contributed by atoms with Gasteiger partial charge in [0.15, 0.2) is 0 Å². The molecule has 178 valence electrons. The van der Waals surface area contributed by atoms with E-state index >= 15 is 0 Å². The Morgan fingerprint density at radius 2 is 1.84 bits per heavy atom. The number of carboxylic acids is 2. The number of amides is 1. The van der Waals surface area contributed by atoms with E-state index in [0.717, 1.165) is 5.56 Å². The minimum atomic E-state index is -1.44. The van der Waals surface area contributed by atoms with Crippen molar-refractivity contribution in [3.05, 3.63) is 35.9 Å². The van der Waals surface area contributed by atoms with Crippen LogP contribution < -0.4 is 10.6 Å². The van der Waals surface area contributed by atoms with E-state index in [1.54, 1.807) is 20.8 Å². The summed E-state index contributed by atoms with van der Waals surface area (Å²) in [7, 11) is 0. The highest BCUT2D eigenvalue weighted by Crippen LogP contribution is 2.33. The summed E-state index contributed by atoms with van der Waals surface area (Å²) < 4.78 is 5.31. The molecule has 1 aliphatic rings. The summed E-state index contributed by atoms with van der Waals surface area (Å²) in [6.07, 6.45) is -0.435. The molecule has 0 heterocycles. The van der Waals surface area contributed by atoms with Crippen molar-refractivity contribution in [1.82, 2.24) is 10.6 Å². The zero-order valence-electron chi connectivity index (χ0n) is 18.8. The number of ether oxygens (including phenoxy) is 1. The lowest BCUT2D eigenvalue weighted by Crippen LogP contribution is -2.59. The molecule has 0 aromatic heterocycles. The predicted octanol–water partition coefficient (Wildman–Crippen LogP) is 2.17. The third-order valence-electron chi connectivity index (χ3n) is 5.62. The number of aliphatic hydroxyl groups is 1. The first-order chi connectivity index (χ1) is 14.9. The molecule has 1 fully saturated rings. The SMILES string of the molecule is CC(C)(C)OC(=O)N[C@@H](Cc1ccccc1)[C@H](O)CNC1(C(=O)O)CCCC(C(=O)O)C1. The number of alkyl carbamates (subject to hydrolysis) is 1. The van der Waals surface area contributed by atoms with Crippen molar-refractivity contribution in [2.45, 2.75) is 76.2 Å². The monoisotopic (exact) mass is 450 g/mol. The first-order valence-corrected chi connectivity index (χ1v) is 10.8. The lowest BCUT2D eigenvalue weighted by Gasteiger charge is -2.38. The van der Waals surface area contributed by atoms with E-state index in [2.05, 4.69) is 10.6 Å². The summed E-state index contributed by atoms with van der Waals surface area (Å²) in [5, 5.41) is 35.6. The number of carbonyl (C=O) groups excluding carboxylic acids is 1. The Bertz CT molecular complexity index is 793. The third-order valence-corrected chi connectivity index (χ3v) is 5.62. The predicted molar refractivity (Wildman–Crippen MR) is 117 cm³/mol. The summed E-state index contributed by atoms with van der Waals surface area (Å²) in [5.74, 6) is -2.92.